The third kappa shape index (κ3) is 3.76. The number of rotatable bonds is 4. The number of hydrogen-bond donors (Lipinski definition) is 1. The largest absolute Gasteiger partial charge is 0.497 e. The normalized spacial score (nSPS) is 11.7. The Morgan fingerprint density at radius 1 is 1.11 bits per heavy atom. The van der Waals surface area contributed by atoms with E-state index in [1.165, 1.54) is 16.4 Å². The van der Waals surface area contributed by atoms with Gasteiger partial charge in [-0.15, -0.1) is 11.8 Å². The van der Waals surface area contributed by atoms with Crippen LogP contribution in [0, 0.1) is 0 Å². The lowest BCUT2D eigenvalue weighted by Gasteiger charge is -2.13. The fourth-order valence-electron chi connectivity index (χ4n) is 2.68. The maximum absolute atomic E-state index is 13.0. The van der Waals surface area contributed by atoms with Crippen molar-refractivity contribution in [1.29, 1.82) is 0 Å². The minimum Gasteiger partial charge on any atom is -0.497 e. The number of alkyl halides is 3. The molecule has 10 heteroatoms. The number of halogens is 5. The molecule has 0 spiro atoms. The number of anilines is 1. The highest BCUT2D eigenvalue weighted by atomic mass is 35.5. The van der Waals surface area contributed by atoms with Crippen molar-refractivity contribution in [2.45, 2.75) is 11.2 Å². The van der Waals surface area contributed by atoms with Gasteiger partial charge in [0.1, 0.15) is 22.3 Å². The minimum atomic E-state index is -4.57. The highest BCUT2D eigenvalue weighted by molar-refractivity contribution is 7.98. The van der Waals surface area contributed by atoms with E-state index in [0.29, 0.717) is 16.3 Å². The number of nitrogens with zero attached hydrogens (tertiary/aromatic N) is 2. The van der Waals surface area contributed by atoms with E-state index < -0.39 is 11.7 Å². The zero-order valence-electron chi connectivity index (χ0n) is 14.6. The van der Waals surface area contributed by atoms with Crippen LogP contribution in [0.25, 0.3) is 16.8 Å². The topological polar surface area (TPSA) is 53.1 Å². The SMILES string of the molecule is COc1ccc(-c2c(SC)nn(-c3c(Cl)cc(C(F)(F)F)cc3Cl)c2N)cc1. The monoisotopic (exact) mass is 447 g/mol. The van der Waals surface area contributed by atoms with Gasteiger partial charge in [-0.2, -0.15) is 18.3 Å². The highest BCUT2D eigenvalue weighted by Crippen LogP contribution is 2.42. The third-order valence-corrected chi connectivity index (χ3v) is 5.27. The lowest BCUT2D eigenvalue weighted by atomic mass is 10.1. The predicted octanol–water partition coefficient (Wildman–Crippen LogP) is 6.18. The van der Waals surface area contributed by atoms with E-state index in [1.54, 1.807) is 19.2 Å². The number of thioether (sulfide) groups is 1. The first-order valence-electron chi connectivity index (χ1n) is 7.81. The molecule has 2 N–H and O–H groups in total. The van der Waals surface area contributed by atoms with E-state index in [4.69, 9.17) is 33.7 Å². The fraction of sp³-hybridized carbons (Fsp3) is 0.167. The summed E-state index contributed by atoms with van der Waals surface area (Å²) in [6.07, 6.45) is -2.75. The molecule has 0 aliphatic carbocycles. The molecule has 1 aromatic heterocycles. The molecule has 0 saturated carbocycles. The Morgan fingerprint density at radius 2 is 1.68 bits per heavy atom. The van der Waals surface area contributed by atoms with Gasteiger partial charge in [0.05, 0.1) is 28.3 Å². The lowest BCUT2D eigenvalue weighted by Crippen LogP contribution is -2.08. The van der Waals surface area contributed by atoms with Crippen LogP contribution in [0.4, 0.5) is 19.0 Å². The number of benzene rings is 2. The molecule has 0 amide bonds. The Labute approximate surface area is 173 Å². The van der Waals surface area contributed by atoms with Crippen LogP contribution in [-0.2, 0) is 6.18 Å². The second kappa shape index (κ2) is 7.77. The molecule has 3 rings (SSSR count). The average molecular weight is 448 g/mol. The Bertz CT molecular complexity index is 997. The first kappa shape index (κ1) is 20.7. The minimum absolute atomic E-state index is 0.0869. The van der Waals surface area contributed by atoms with E-state index in [0.717, 1.165) is 17.7 Å². The van der Waals surface area contributed by atoms with E-state index in [2.05, 4.69) is 5.10 Å². The van der Waals surface area contributed by atoms with Gasteiger partial charge in [0.15, 0.2) is 0 Å². The summed E-state index contributed by atoms with van der Waals surface area (Å²) in [4.78, 5) is 0. The van der Waals surface area contributed by atoms with Gasteiger partial charge in [-0.05, 0) is 36.1 Å². The molecule has 1 heterocycles. The molecule has 3 aromatic rings. The van der Waals surface area contributed by atoms with Crippen LogP contribution in [-0.4, -0.2) is 23.1 Å². The molecule has 4 nitrogen and oxygen atoms in total. The number of ether oxygens (including phenoxy) is 1. The zero-order valence-corrected chi connectivity index (χ0v) is 17.0. The standard InChI is InChI=1S/C18H14Cl2F3N3OS/c1-27-11-5-3-9(4-6-11)14-16(24)26(25-17(14)28-2)15-12(19)7-10(8-13(15)20)18(21,22)23/h3-8H,24H2,1-2H3. The van der Waals surface area contributed by atoms with Crippen molar-refractivity contribution in [2.75, 3.05) is 19.1 Å². The second-order valence-electron chi connectivity index (χ2n) is 5.70. The van der Waals surface area contributed by atoms with Crippen LogP contribution in [0.5, 0.6) is 5.75 Å². The first-order chi connectivity index (χ1) is 13.2. The number of methoxy groups -OCH3 is 1. The van der Waals surface area contributed by atoms with Gasteiger partial charge in [-0.1, -0.05) is 35.3 Å². The van der Waals surface area contributed by atoms with Crippen molar-refractivity contribution < 1.29 is 17.9 Å². The molecule has 0 atom stereocenters. The Balaban J connectivity index is 2.18. The average Bonchev–Trinajstić information content (AvgIpc) is 2.97. The van der Waals surface area contributed by atoms with Gasteiger partial charge in [0, 0.05) is 0 Å². The molecular formula is C18H14Cl2F3N3OS. The quantitative estimate of drug-likeness (QED) is 0.485. The van der Waals surface area contributed by atoms with Gasteiger partial charge in [0.2, 0.25) is 0 Å². The molecule has 0 bridgehead atoms. The predicted molar refractivity (Wildman–Crippen MR) is 107 cm³/mol. The van der Waals surface area contributed by atoms with E-state index in [-0.39, 0.29) is 21.6 Å². The van der Waals surface area contributed by atoms with Gasteiger partial charge < -0.3 is 10.5 Å². The summed E-state index contributed by atoms with van der Waals surface area (Å²) in [6.45, 7) is 0. The molecule has 2 aromatic carbocycles. The Kier molecular flexibility index (Phi) is 5.74. The molecule has 0 saturated heterocycles. The maximum atomic E-state index is 13.0. The van der Waals surface area contributed by atoms with E-state index in [9.17, 15) is 13.2 Å². The second-order valence-corrected chi connectivity index (χ2v) is 7.31. The molecule has 0 fully saturated rings. The van der Waals surface area contributed by atoms with Crippen molar-refractivity contribution >= 4 is 40.8 Å². The van der Waals surface area contributed by atoms with Crippen LogP contribution >= 0.6 is 35.0 Å². The molecule has 148 valence electrons. The summed E-state index contributed by atoms with van der Waals surface area (Å²) in [5.41, 5.74) is 6.83. The van der Waals surface area contributed by atoms with Gasteiger partial charge in [-0.3, -0.25) is 0 Å². The zero-order chi connectivity index (χ0) is 20.6. The molecular weight excluding hydrogens is 434 g/mol. The van der Waals surface area contributed by atoms with Crippen LogP contribution < -0.4 is 10.5 Å². The molecule has 0 radical (unpaired) electrons. The van der Waals surface area contributed by atoms with Crippen molar-refractivity contribution in [3.05, 3.63) is 52.0 Å². The highest BCUT2D eigenvalue weighted by Gasteiger charge is 2.33. The van der Waals surface area contributed by atoms with E-state index >= 15 is 0 Å². The summed E-state index contributed by atoms with van der Waals surface area (Å²) >= 11 is 13.6. The van der Waals surface area contributed by atoms with Crippen LogP contribution in [0.3, 0.4) is 0 Å². The van der Waals surface area contributed by atoms with E-state index in [1.807, 2.05) is 18.4 Å². The Morgan fingerprint density at radius 3 is 2.14 bits per heavy atom. The summed E-state index contributed by atoms with van der Waals surface area (Å²) in [5.74, 6) is 0.882. The summed E-state index contributed by atoms with van der Waals surface area (Å²) in [5, 5.41) is 4.57. The molecule has 28 heavy (non-hydrogen) atoms. The number of aromatic nitrogens is 2. The van der Waals surface area contributed by atoms with Crippen molar-refractivity contribution in [3.63, 3.8) is 0 Å². The summed E-state index contributed by atoms with van der Waals surface area (Å²) < 4.78 is 45.4. The third-order valence-electron chi connectivity index (χ3n) is 4.02. The van der Waals surface area contributed by atoms with Crippen molar-refractivity contribution in [1.82, 2.24) is 9.78 Å². The smallest absolute Gasteiger partial charge is 0.416 e. The lowest BCUT2D eigenvalue weighted by molar-refractivity contribution is -0.137. The first-order valence-corrected chi connectivity index (χ1v) is 9.79. The van der Waals surface area contributed by atoms with Gasteiger partial charge >= 0.3 is 6.18 Å². The van der Waals surface area contributed by atoms with Crippen molar-refractivity contribution in [2.24, 2.45) is 0 Å². The number of nitrogen functional groups attached to an aromatic ring is 1. The summed E-state index contributed by atoms with van der Waals surface area (Å²) in [6, 6.07) is 8.77. The maximum Gasteiger partial charge on any atom is 0.416 e. The van der Waals surface area contributed by atoms with Crippen LogP contribution in [0.2, 0.25) is 10.0 Å². The number of hydrogen-bond acceptors (Lipinski definition) is 4. The summed E-state index contributed by atoms with van der Waals surface area (Å²) in [7, 11) is 1.56. The fourth-order valence-corrected chi connectivity index (χ4v) is 3.92. The number of nitrogens with two attached hydrogens (primary N) is 1. The Hall–Kier alpha value is -2.03. The van der Waals surface area contributed by atoms with Gasteiger partial charge in [-0.25, -0.2) is 4.68 Å². The molecule has 0 aliphatic heterocycles. The molecule has 0 unspecified atom stereocenters. The molecule has 0 aliphatic rings. The van der Waals surface area contributed by atoms with Crippen molar-refractivity contribution in [3.8, 4) is 22.6 Å². The van der Waals surface area contributed by atoms with Crippen LogP contribution in [0.1, 0.15) is 5.56 Å². The van der Waals surface area contributed by atoms with Gasteiger partial charge in [0.25, 0.3) is 0 Å². The van der Waals surface area contributed by atoms with Crippen LogP contribution in [0.15, 0.2) is 41.4 Å².